The summed E-state index contributed by atoms with van der Waals surface area (Å²) in [5.41, 5.74) is 5.15. The van der Waals surface area contributed by atoms with Crippen LogP contribution < -0.4 is 10.0 Å². The van der Waals surface area contributed by atoms with E-state index >= 15 is 0 Å². The lowest BCUT2D eigenvalue weighted by Gasteiger charge is -2.26. The van der Waals surface area contributed by atoms with E-state index in [0.29, 0.717) is 22.8 Å². The number of benzene rings is 2. The molecule has 0 fully saturated rings. The van der Waals surface area contributed by atoms with Gasteiger partial charge in [0.15, 0.2) is 0 Å². The molecule has 1 N–H and O–H groups in total. The minimum Gasteiger partial charge on any atom is -0.545 e. The molecule has 1 atom stereocenters. The topological polar surface area (TPSA) is 102 Å². The van der Waals surface area contributed by atoms with E-state index in [4.69, 9.17) is 0 Å². The number of carboxylic acid groups (broad SMARTS) is 1. The second-order valence-electron chi connectivity index (χ2n) is 7.39. The molecule has 5 rings (SSSR count). The molecule has 2 aromatic heterocycles. The van der Waals surface area contributed by atoms with Crippen molar-refractivity contribution in [2.75, 3.05) is 4.90 Å². The van der Waals surface area contributed by atoms with Crippen LogP contribution >= 0.6 is 0 Å². The molecular weight excluding hydrogens is 392 g/mol. The van der Waals surface area contributed by atoms with Crippen LogP contribution in [-0.2, 0) is 0 Å². The summed E-state index contributed by atoms with van der Waals surface area (Å²) in [7, 11) is 0. The first-order chi connectivity index (χ1) is 15.0. The first-order valence-electron chi connectivity index (χ1n) is 9.76. The lowest BCUT2D eigenvalue weighted by Crippen LogP contribution is -2.30. The number of fused-ring (bicyclic) bond motifs is 1. The maximum atomic E-state index is 13.4. The molecule has 3 heterocycles. The summed E-state index contributed by atoms with van der Waals surface area (Å²) in [5.74, 6) is -1.52. The highest BCUT2D eigenvalue weighted by atomic mass is 16.4. The highest BCUT2D eigenvalue weighted by molar-refractivity contribution is 6.11. The summed E-state index contributed by atoms with van der Waals surface area (Å²) in [6.45, 7) is 2.01. The molecule has 0 aliphatic carbocycles. The van der Waals surface area contributed by atoms with Gasteiger partial charge in [-0.2, -0.15) is 5.10 Å². The summed E-state index contributed by atoms with van der Waals surface area (Å²) in [6.07, 6.45) is 1.68. The molecule has 0 bridgehead atoms. The summed E-state index contributed by atoms with van der Waals surface area (Å²) in [4.78, 5) is 30.6. The third-order valence-electron chi connectivity index (χ3n) is 5.44. The lowest BCUT2D eigenvalue weighted by molar-refractivity contribution is -0.255. The van der Waals surface area contributed by atoms with Crippen LogP contribution in [0.15, 0.2) is 72.9 Å². The Morgan fingerprint density at radius 2 is 1.77 bits per heavy atom. The van der Waals surface area contributed by atoms with E-state index in [9.17, 15) is 14.7 Å². The second-order valence-corrected chi connectivity index (χ2v) is 7.39. The average Bonchev–Trinajstić information content (AvgIpc) is 3.34. The standard InChI is InChI=1S/C24H18N4O3/c1-14-5-7-15(8-6-14)20-19-21(27-26-20)23(29)28(22(19)18-4-2-3-13-25-18)17-11-9-16(10-12-17)24(30)31/h2-13,22H,1H3,(H,26,27)(H,30,31)/p-1/t22-/m0/s1. The molecule has 1 aliphatic rings. The molecule has 0 spiro atoms. The lowest BCUT2D eigenvalue weighted by atomic mass is 9.98. The van der Waals surface area contributed by atoms with E-state index in [0.717, 1.165) is 16.7 Å². The quantitative estimate of drug-likeness (QED) is 0.558. The van der Waals surface area contributed by atoms with Crippen molar-refractivity contribution < 1.29 is 14.7 Å². The zero-order chi connectivity index (χ0) is 21.5. The predicted octanol–water partition coefficient (Wildman–Crippen LogP) is 2.89. The largest absolute Gasteiger partial charge is 0.545 e. The first-order valence-corrected chi connectivity index (χ1v) is 9.76. The fraction of sp³-hybridized carbons (Fsp3) is 0.0833. The Balaban J connectivity index is 1.68. The number of carbonyl (C=O) groups excluding carboxylic acids is 2. The van der Waals surface area contributed by atoms with E-state index < -0.39 is 12.0 Å². The SMILES string of the molecule is Cc1ccc(-c2n[nH]c3c2[C@H](c2ccccn2)N(c2ccc(C(=O)[O-])cc2)C3=O)cc1. The number of rotatable bonds is 4. The molecule has 0 unspecified atom stereocenters. The number of aromatic amines is 1. The number of aryl methyl sites for hydroxylation is 1. The molecule has 4 aromatic rings. The minimum absolute atomic E-state index is 0.0466. The van der Waals surface area contributed by atoms with Gasteiger partial charge in [0.1, 0.15) is 11.7 Å². The number of hydrogen-bond donors (Lipinski definition) is 1. The first kappa shape index (κ1) is 18.7. The van der Waals surface area contributed by atoms with Gasteiger partial charge in [0, 0.05) is 23.0 Å². The van der Waals surface area contributed by atoms with Gasteiger partial charge in [-0.1, -0.05) is 48.0 Å². The molecular formula is C24H17N4O3-. The number of aromatic nitrogens is 3. The van der Waals surface area contributed by atoms with Crippen LogP contribution in [0, 0.1) is 6.92 Å². The molecule has 152 valence electrons. The Hall–Kier alpha value is -4.26. The summed E-state index contributed by atoms with van der Waals surface area (Å²) < 4.78 is 0. The van der Waals surface area contributed by atoms with E-state index in [1.807, 2.05) is 49.4 Å². The number of carbonyl (C=O) groups is 2. The van der Waals surface area contributed by atoms with Crippen molar-refractivity contribution in [3.05, 3.63) is 101 Å². The van der Waals surface area contributed by atoms with E-state index in [1.165, 1.54) is 12.1 Å². The number of carboxylic acids is 1. The van der Waals surface area contributed by atoms with Crippen molar-refractivity contribution in [2.45, 2.75) is 13.0 Å². The number of pyridine rings is 1. The summed E-state index contributed by atoms with van der Waals surface area (Å²) >= 11 is 0. The highest BCUT2D eigenvalue weighted by Crippen LogP contribution is 2.44. The van der Waals surface area contributed by atoms with Crippen LogP contribution in [-0.4, -0.2) is 27.1 Å². The van der Waals surface area contributed by atoms with Crippen molar-refractivity contribution in [3.8, 4) is 11.3 Å². The Bertz CT molecular complexity index is 1280. The molecule has 7 nitrogen and oxygen atoms in total. The number of H-pyrrole nitrogens is 1. The Kier molecular flexibility index (Phi) is 4.36. The van der Waals surface area contributed by atoms with E-state index in [2.05, 4.69) is 15.2 Å². The molecule has 1 aliphatic heterocycles. The van der Waals surface area contributed by atoms with Crippen molar-refractivity contribution in [2.24, 2.45) is 0 Å². The van der Waals surface area contributed by atoms with Gasteiger partial charge in [0.25, 0.3) is 5.91 Å². The van der Waals surface area contributed by atoms with Gasteiger partial charge in [-0.05, 0) is 36.8 Å². The van der Waals surface area contributed by atoms with Crippen LogP contribution in [0.4, 0.5) is 5.69 Å². The van der Waals surface area contributed by atoms with Crippen LogP contribution in [0.25, 0.3) is 11.3 Å². The van der Waals surface area contributed by atoms with Crippen molar-refractivity contribution >= 4 is 17.6 Å². The number of anilines is 1. The molecule has 7 heteroatoms. The minimum atomic E-state index is -1.27. The number of amides is 1. The van der Waals surface area contributed by atoms with Gasteiger partial charge in [-0.15, -0.1) is 0 Å². The normalized spacial score (nSPS) is 15.2. The van der Waals surface area contributed by atoms with Crippen molar-refractivity contribution in [1.29, 1.82) is 0 Å². The number of nitrogens with one attached hydrogen (secondary N) is 1. The zero-order valence-corrected chi connectivity index (χ0v) is 16.6. The Morgan fingerprint density at radius 3 is 2.42 bits per heavy atom. The Labute approximate surface area is 178 Å². The monoisotopic (exact) mass is 409 g/mol. The van der Waals surface area contributed by atoms with Crippen molar-refractivity contribution in [1.82, 2.24) is 15.2 Å². The van der Waals surface area contributed by atoms with Crippen LogP contribution in [0.5, 0.6) is 0 Å². The third-order valence-corrected chi connectivity index (χ3v) is 5.44. The van der Waals surface area contributed by atoms with Crippen LogP contribution in [0.1, 0.15) is 43.7 Å². The van der Waals surface area contributed by atoms with Gasteiger partial charge in [-0.25, -0.2) is 0 Å². The van der Waals surface area contributed by atoms with Gasteiger partial charge >= 0.3 is 0 Å². The smallest absolute Gasteiger partial charge is 0.277 e. The number of nitrogens with zero attached hydrogens (tertiary/aromatic N) is 3. The second kappa shape index (κ2) is 7.21. The average molecular weight is 409 g/mol. The Morgan fingerprint density at radius 1 is 1.03 bits per heavy atom. The maximum absolute atomic E-state index is 13.4. The molecule has 2 aromatic carbocycles. The molecule has 0 saturated carbocycles. The van der Waals surface area contributed by atoms with Gasteiger partial charge in [0.05, 0.1) is 17.4 Å². The maximum Gasteiger partial charge on any atom is 0.277 e. The molecule has 1 amide bonds. The van der Waals surface area contributed by atoms with Crippen LogP contribution in [0.2, 0.25) is 0 Å². The fourth-order valence-electron chi connectivity index (χ4n) is 3.92. The zero-order valence-electron chi connectivity index (χ0n) is 16.6. The van der Waals surface area contributed by atoms with E-state index in [1.54, 1.807) is 23.2 Å². The molecule has 0 saturated heterocycles. The highest BCUT2D eigenvalue weighted by Gasteiger charge is 2.43. The molecule has 0 radical (unpaired) electrons. The van der Waals surface area contributed by atoms with Gasteiger partial charge < -0.3 is 9.90 Å². The summed E-state index contributed by atoms with van der Waals surface area (Å²) in [5, 5.41) is 18.5. The number of aromatic carboxylic acids is 1. The summed E-state index contributed by atoms with van der Waals surface area (Å²) in [6, 6.07) is 19.1. The molecule has 31 heavy (non-hydrogen) atoms. The fourth-order valence-corrected chi connectivity index (χ4v) is 3.92. The number of hydrogen-bond acceptors (Lipinski definition) is 5. The van der Waals surface area contributed by atoms with Crippen molar-refractivity contribution in [3.63, 3.8) is 0 Å². The van der Waals surface area contributed by atoms with Gasteiger partial charge in [0.2, 0.25) is 0 Å². The predicted molar refractivity (Wildman–Crippen MR) is 112 cm³/mol. The third kappa shape index (κ3) is 3.07. The van der Waals surface area contributed by atoms with E-state index in [-0.39, 0.29) is 11.5 Å². The van der Waals surface area contributed by atoms with Gasteiger partial charge in [-0.3, -0.25) is 19.8 Å². The van der Waals surface area contributed by atoms with Crippen LogP contribution in [0.3, 0.4) is 0 Å².